The monoisotopic (exact) mass is 717 g/mol. The van der Waals surface area contributed by atoms with E-state index < -0.39 is 38.4 Å². The van der Waals surface area contributed by atoms with Crippen molar-refractivity contribution in [3.8, 4) is 17.2 Å². The van der Waals surface area contributed by atoms with Crippen LogP contribution in [0.3, 0.4) is 0 Å². The van der Waals surface area contributed by atoms with Crippen LogP contribution in [-0.4, -0.2) is 33.6 Å². The summed E-state index contributed by atoms with van der Waals surface area (Å²) in [5.41, 5.74) is -2.16. The van der Waals surface area contributed by atoms with Gasteiger partial charge in [0, 0.05) is 33.6 Å². The van der Waals surface area contributed by atoms with Gasteiger partial charge in [-0.25, -0.2) is 18.0 Å². The van der Waals surface area contributed by atoms with Crippen LogP contribution in [0.4, 0.5) is 21.0 Å². The number of benzene rings is 5. The summed E-state index contributed by atoms with van der Waals surface area (Å²) in [5, 5.41) is 7.59. The van der Waals surface area contributed by atoms with Crippen LogP contribution < -0.4 is 30.2 Å². The molecular formula is C35H25Cl2N3O8S. The van der Waals surface area contributed by atoms with Gasteiger partial charge >= 0.3 is 12.2 Å². The molecule has 0 saturated heterocycles. The number of anilines is 2. The van der Waals surface area contributed by atoms with E-state index in [1.54, 1.807) is 60.7 Å². The first-order chi connectivity index (χ1) is 23.5. The second-order valence-corrected chi connectivity index (χ2v) is 13.2. The number of fused-ring (bicyclic) bond motifs is 1. The number of nitrogens with one attached hydrogen (secondary N) is 3. The number of hydrogen-bond donors (Lipinski definition) is 3. The molecule has 0 radical (unpaired) electrons. The van der Waals surface area contributed by atoms with Gasteiger partial charge in [0.2, 0.25) is 9.84 Å². The summed E-state index contributed by atoms with van der Waals surface area (Å²) >= 11 is 13.3. The van der Waals surface area contributed by atoms with Crippen molar-refractivity contribution in [2.75, 3.05) is 17.7 Å². The first-order valence-electron chi connectivity index (χ1n) is 14.5. The van der Waals surface area contributed by atoms with Gasteiger partial charge in [-0.2, -0.15) is 0 Å². The van der Waals surface area contributed by atoms with E-state index in [4.69, 9.17) is 37.4 Å². The number of methoxy groups -OCH3 is 1. The molecule has 1 atom stereocenters. The normalized spacial score (nSPS) is 15.0. The fraction of sp³-hybridized carbons (Fsp3) is 0.0571. The van der Waals surface area contributed by atoms with Crippen molar-refractivity contribution in [2.24, 2.45) is 0 Å². The maximum Gasteiger partial charge on any atom is 0.417 e. The molecule has 0 fully saturated rings. The van der Waals surface area contributed by atoms with E-state index in [1.165, 1.54) is 61.7 Å². The molecule has 14 heteroatoms. The first kappa shape index (κ1) is 33.3. The van der Waals surface area contributed by atoms with Crippen molar-refractivity contribution in [1.29, 1.82) is 0 Å². The van der Waals surface area contributed by atoms with Gasteiger partial charge in [0.1, 0.15) is 22.1 Å². The highest BCUT2D eigenvalue weighted by Gasteiger charge is 2.55. The largest absolute Gasteiger partial charge is 0.495 e. The van der Waals surface area contributed by atoms with Gasteiger partial charge in [-0.15, -0.1) is 0 Å². The maximum absolute atomic E-state index is 14.7. The maximum atomic E-state index is 14.7. The molecule has 1 unspecified atom stereocenters. The van der Waals surface area contributed by atoms with Crippen LogP contribution in [0.5, 0.6) is 17.2 Å². The molecular weight excluding hydrogens is 693 g/mol. The number of ether oxygens (including phenoxy) is 3. The van der Waals surface area contributed by atoms with E-state index in [1.807, 2.05) is 0 Å². The molecule has 6 rings (SSSR count). The zero-order chi connectivity index (χ0) is 34.8. The Labute approximate surface area is 290 Å². The van der Waals surface area contributed by atoms with Crippen molar-refractivity contribution < 1.29 is 37.0 Å². The fourth-order valence-electron chi connectivity index (χ4n) is 5.43. The van der Waals surface area contributed by atoms with Crippen molar-refractivity contribution in [2.45, 2.75) is 15.3 Å². The minimum Gasteiger partial charge on any atom is -0.495 e. The summed E-state index contributed by atoms with van der Waals surface area (Å²) in [6.45, 7) is 0. The second-order valence-electron chi connectivity index (χ2n) is 10.5. The van der Waals surface area contributed by atoms with E-state index in [-0.39, 0.29) is 48.9 Å². The molecule has 5 aromatic rings. The van der Waals surface area contributed by atoms with Crippen molar-refractivity contribution in [3.63, 3.8) is 0 Å². The van der Waals surface area contributed by atoms with Crippen LogP contribution in [-0.2, 0) is 20.2 Å². The minimum absolute atomic E-state index is 0.0456. The van der Waals surface area contributed by atoms with Gasteiger partial charge in [-0.1, -0.05) is 77.8 Å². The van der Waals surface area contributed by atoms with Gasteiger partial charge in [-0.05, 0) is 54.6 Å². The zero-order valence-electron chi connectivity index (χ0n) is 25.4. The SMILES string of the molecule is COc1cc(NC(=O)Oc2ccccc2)ccc1S(=O)(=O)c1c(Cl)ccc2c1C(NC(=O)Oc1ccccc1)(c1ccccc1Cl)C(=O)N2. The molecule has 0 bridgehead atoms. The number of carbonyl (C=O) groups is 3. The third-order valence-electron chi connectivity index (χ3n) is 7.52. The number of para-hydroxylation sites is 2. The topological polar surface area (TPSA) is 149 Å². The van der Waals surface area contributed by atoms with Crippen molar-refractivity contribution in [1.82, 2.24) is 5.32 Å². The Kier molecular flexibility index (Phi) is 9.20. The molecule has 1 heterocycles. The molecule has 5 aromatic carbocycles. The average Bonchev–Trinajstić information content (AvgIpc) is 3.36. The predicted molar refractivity (Wildman–Crippen MR) is 182 cm³/mol. The molecule has 11 nitrogen and oxygen atoms in total. The minimum atomic E-state index is -4.67. The van der Waals surface area contributed by atoms with Crippen LogP contribution in [0.15, 0.2) is 125 Å². The Morgan fingerprint density at radius 3 is 2.00 bits per heavy atom. The molecule has 0 aromatic heterocycles. The summed E-state index contributed by atoms with van der Waals surface area (Å²) in [7, 11) is -3.42. The van der Waals surface area contributed by atoms with E-state index in [2.05, 4.69) is 16.0 Å². The number of hydrogen-bond acceptors (Lipinski definition) is 8. The van der Waals surface area contributed by atoms with Gasteiger partial charge < -0.3 is 19.5 Å². The predicted octanol–water partition coefficient (Wildman–Crippen LogP) is 7.43. The molecule has 0 aliphatic carbocycles. The van der Waals surface area contributed by atoms with Crippen LogP contribution in [0.1, 0.15) is 11.1 Å². The molecule has 248 valence electrons. The summed E-state index contributed by atoms with van der Waals surface area (Å²) in [4.78, 5) is 39.2. The van der Waals surface area contributed by atoms with Gasteiger partial charge in [0.05, 0.1) is 17.0 Å². The molecule has 3 amide bonds. The molecule has 1 aliphatic heterocycles. The van der Waals surface area contributed by atoms with Crippen LogP contribution in [0, 0.1) is 0 Å². The number of amides is 3. The van der Waals surface area contributed by atoms with Crippen molar-refractivity contribution >= 4 is 62.5 Å². The smallest absolute Gasteiger partial charge is 0.417 e. The number of rotatable bonds is 8. The van der Waals surface area contributed by atoms with Gasteiger partial charge in [0.25, 0.3) is 5.91 Å². The summed E-state index contributed by atoms with van der Waals surface area (Å²) in [6.07, 6.45) is -1.90. The van der Waals surface area contributed by atoms with Gasteiger partial charge in [-0.3, -0.25) is 15.4 Å². The lowest BCUT2D eigenvalue weighted by atomic mass is 9.83. The Morgan fingerprint density at radius 2 is 1.37 bits per heavy atom. The third kappa shape index (κ3) is 6.36. The first-order valence-corrected chi connectivity index (χ1v) is 16.7. The molecule has 1 aliphatic rings. The van der Waals surface area contributed by atoms with Crippen LogP contribution in [0.2, 0.25) is 10.0 Å². The lowest BCUT2D eigenvalue weighted by Gasteiger charge is -2.31. The average molecular weight is 719 g/mol. The van der Waals surface area contributed by atoms with Crippen molar-refractivity contribution in [3.05, 3.63) is 136 Å². The third-order valence-corrected chi connectivity index (χ3v) is 10.2. The lowest BCUT2D eigenvalue weighted by Crippen LogP contribution is -2.53. The second kappa shape index (κ2) is 13.5. The molecule has 3 N–H and O–H groups in total. The molecule has 49 heavy (non-hydrogen) atoms. The number of sulfone groups is 1. The number of carbonyl (C=O) groups excluding carboxylic acids is 3. The Hall–Kier alpha value is -5.56. The highest BCUT2D eigenvalue weighted by atomic mass is 35.5. The quantitative estimate of drug-likeness (QED) is 0.150. The van der Waals surface area contributed by atoms with Gasteiger partial charge in [0.15, 0.2) is 5.54 Å². The molecule has 0 spiro atoms. The Morgan fingerprint density at radius 1 is 0.755 bits per heavy atom. The number of halogens is 2. The van der Waals surface area contributed by atoms with E-state index in [9.17, 15) is 22.8 Å². The fourth-order valence-corrected chi connectivity index (χ4v) is 7.90. The zero-order valence-corrected chi connectivity index (χ0v) is 27.7. The van der Waals surface area contributed by atoms with E-state index in [0.29, 0.717) is 5.75 Å². The van der Waals surface area contributed by atoms with E-state index >= 15 is 0 Å². The lowest BCUT2D eigenvalue weighted by molar-refractivity contribution is -0.120. The highest BCUT2D eigenvalue weighted by molar-refractivity contribution is 7.91. The highest BCUT2D eigenvalue weighted by Crippen LogP contribution is 2.50. The standard InChI is InChI=1S/C35H25Cl2N3O8S/c1-46-28-20-21(38-33(42)47-22-10-4-2-5-11-22)16-19-29(28)49(44,45)31-26(37)17-18-27-30(31)35(32(41)39-27,24-14-8-9-15-25(24)36)40-34(43)48-23-12-6-3-7-13-23/h2-20H,1H3,(H,38,42)(H,39,41)(H,40,43). The summed E-state index contributed by atoms with van der Waals surface area (Å²) < 4.78 is 45.5. The van der Waals surface area contributed by atoms with Crippen LogP contribution >= 0.6 is 23.2 Å². The summed E-state index contributed by atoms with van der Waals surface area (Å²) in [5.74, 6) is -0.519. The Balaban J connectivity index is 1.46. The Bertz CT molecular complexity index is 2200. The van der Waals surface area contributed by atoms with E-state index in [0.717, 1.165) is 0 Å². The van der Waals surface area contributed by atoms with Crippen LogP contribution in [0.25, 0.3) is 0 Å². The summed E-state index contributed by atoms with van der Waals surface area (Å²) in [6, 6.07) is 29.1. The molecule has 0 saturated carbocycles.